The summed E-state index contributed by atoms with van der Waals surface area (Å²) in [6.07, 6.45) is 0.457. The summed E-state index contributed by atoms with van der Waals surface area (Å²) in [5, 5.41) is 3.21. The summed E-state index contributed by atoms with van der Waals surface area (Å²) in [4.78, 5) is 44.3. The zero-order valence-corrected chi connectivity index (χ0v) is 32.3. The van der Waals surface area contributed by atoms with Gasteiger partial charge in [-0.3, -0.25) is 9.59 Å². The summed E-state index contributed by atoms with van der Waals surface area (Å²) in [7, 11) is 0. The molecule has 1 aliphatic heterocycles. The number of hydrogen-bond donors (Lipinski definition) is 1. The third kappa shape index (κ3) is 7.90. The second kappa shape index (κ2) is 16.1. The molecule has 55 heavy (non-hydrogen) atoms. The maximum atomic E-state index is 14.5. The fourth-order valence-electron chi connectivity index (χ4n) is 8.29. The number of esters is 1. The fraction of sp³-hybridized carbons (Fsp3) is 0.298. The minimum absolute atomic E-state index is 0.0693. The Morgan fingerprint density at radius 1 is 0.727 bits per heavy atom. The predicted octanol–water partition coefficient (Wildman–Crippen LogP) is 9.76. The van der Waals surface area contributed by atoms with Crippen molar-refractivity contribution in [3.63, 3.8) is 0 Å². The Hall–Kier alpha value is -5.40. The highest BCUT2D eigenvalue weighted by Crippen LogP contribution is 2.45. The summed E-state index contributed by atoms with van der Waals surface area (Å²) in [6.45, 7) is 7.78. The number of alkyl carbamates (subject to hydrolysis) is 1. The second-order valence-corrected chi connectivity index (χ2v) is 16.0. The number of nitrogens with zero attached hydrogens (tertiary/aromatic N) is 1. The van der Waals surface area contributed by atoms with Gasteiger partial charge in [-0.1, -0.05) is 160 Å². The number of rotatable bonds is 10. The Kier molecular flexibility index (Phi) is 11.1. The summed E-state index contributed by atoms with van der Waals surface area (Å²) >= 11 is 6.89. The summed E-state index contributed by atoms with van der Waals surface area (Å²) in [5.74, 6) is -0.750. The van der Waals surface area contributed by atoms with E-state index in [9.17, 15) is 14.4 Å². The average molecular weight is 755 g/mol. The van der Waals surface area contributed by atoms with Gasteiger partial charge >= 0.3 is 12.1 Å². The summed E-state index contributed by atoms with van der Waals surface area (Å²) < 4.78 is 12.5. The van der Waals surface area contributed by atoms with Crippen molar-refractivity contribution in [2.75, 3.05) is 19.7 Å². The molecule has 8 heteroatoms. The lowest BCUT2D eigenvalue weighted by molar-refractivity contribution is -0.156. The standard InChI is InChI=1S/C47H47ClN2O5/c1-46(2,3)32-26-28-50(29-27-32)44(52)42(49-45(53)54-31-39-37-22-12-10-20-35(37)36-21-11-13-23-38(36)39)30-43(51)55-47(33-16-6-4-7-17-33,34-18-8-5-9-19-34)40-24-14-15-25-41(40)48/h4-25,32,39,42H,26-31H2,1-3H3,(H,49,53)/t42-/m0/s1. The molecular weight excluding hydrogens is 708 g/mol. The number of likely N-dealkylation sites (tertiary alicyclic amines) is 1. The van der Waals surface area contributed by atoms with Gasteiger partial charge in [0.1, 0.15) is 12.6 Å². The van der Waals surface area contributed by atoms with Crippen LogP contribution in [0.1, 0.15) is 73.8 Å². The SMILES string of the molecule is CC(C)(C)C1CCN(C(=O)[C@H](CC(=O)OC(c2ccccc2)(c2ccccc2)c2ccccc2Cl)NC(=O)OCC2c3ccccc3-c3ccccc32)CC1. The zero-order chi connectivity index (χ0) is 38.6. The van der Waals surface area contributed by atoms with Crippen LogP contribution in [0.25, 0.3) is 11.1 Å². The van der Waals surface area contributed by atoms with Crippen LogP contribution in [0, 0.1) is 11.3 Å². The molecule has 0 bridgehead atoms. The van der Waals surface area contributed by atoms with Crippen LogP contribution in [-0.2, 0) is 24.7 Å². The number of ether oxygens (including phenoxy) is 2. The Balaban J connectivity index is 1.17. The van der Waals surface area contributed by atoms with Crippen LogP contribution in [0.2, 0.25) is 5.02 Å². The molecule has 5 aromatic carbocycles. The largest absolute Gasteiger partial charge is 0.449 e. The van der Waals surface area contributed by atoms with Crippen LogP contribution in [0.15, 0.2) is 133 Å². The minimum atomic E-state index is -1.46. The number of carbonyl (C=O) groups is 3. The van der Waals surface area contributed by atoms with E-state index in [4.69, 9.17) is 21.1 Å². The molecule has 1 fully saturated rings. The molecule has 1 heterocycles. The van der Waals surface area contributed by atoms with Crippen molar-refractivity contribution < 1.29 is 23.9 Å². The molecule has 2 amide bonds. The van der Waals surface area contributed by atoms with Crippen molar-refractivity contribution in [2.45, 2.75) is 57.6 Å². The van der Waals surface area contributed by atoms with Crippen molar-refractivity contribution in [3.8, 4) is 11.1 Å². The average Bonchev–Trinajstić information content (AvgIpc) is 3.52. The van der Waals surface area contributed by atoms with Gasteiger partial charge in [-0.25, -0.2) is 4.79 Å². The molecule has 7 rings (SSSR count). The van der Waals surface area contributed by atoms with Crippen molar-refractivity contribution in [1.82, 2.24) is 10.2 Å². The number of piperidine rings is 1. The van der Waals surface area contributed by atoms with E-state index < -0.39 is 30.1 Å². The lowest BCUT2D eigenvalue weighted by atomic mass is 9.75. The smallest absolute Gasteiger partial charge is 0.407 e. The first kappa shape index (κ1) is 37.9. The van der Waals surface area contributed by atoms with E-state index in [2.05, 4.69) is 50.4 Å². The Morgan fingerprint density at radius 3 is 1.78 bits per heavy atom. The van der Waals surface area contributed by atoms with Gasteiger partial charge in [-0.15, -0.1) is 0 Å². The molecule has 282 valence electrons. The molecule has 0 spiro atoms. The number of amides is 2. The van der Waals surface area contributed by atoms with E-state index in [0.717, 1.165) is 35.1 Å². The first-order chi connectivity index (χ1) is 26.6. The quantitative estimate of drug-likeness (QED) is 0.113. The van der Waals surface area contributed by atoms with E-state index in [1.807, 2.05) is 103 Å². The predicted molar refractivity (Wildman–Crippen MR) is 216 cm³/mol. The summed E-state index contributed by atoms with van der Waals surface area (Å²) in [6, 6.07) is 41.1. The number of fused-ring (bicyclic) bond motifs is 3. The van der Waals surface area contributed by atoms with E-state index in [0.29, 0.717) is 40.7 Å². The maximum Gasteiger partial charge on any atom is 0.407 e. The third-order valence-electron chi connectivity index (χ3n) is 11.2. The second-order valence-electron chi connectivity index (χ2n) is 15.6. The number of nitrogens with one attached hydrogen (secondary N) is 1. The topological polar surface area (TPSA) is 84.9 Å². The summed E-state index contributed by atoms with van der Waals surface area (Å²) in [5.41, 5.74) is 4.95. The number of halogens is 1. The van der Waals surface area contributed by atoms with Crippen LogP contribution in [0.4, 0.5) is 4.79 Å². The lowest BCUT2D eigenvalue weighted by Crippen LogP contribution is -2.52. The van der Waals surface area contributed by atoms with Crippen LogP contribution < -0.4 is 5.32 Å². The van der Waals surface area contributed by atoms with Gasteiger partial charge in [0, 0.05) is 40.7 Å². The Morgan fingerprint density at radius 2 is 1.24 bits per heavy atom. The molecule has 2 aliphatic rings. The van der Waals surface area contributed by atoms with Crippen LogP contribution >= 0.6 is 11.6 Å². The molecule has 0 unspecified atom stereocenters. The van der Waals surface area contributed by atoms with E-state index in [1.165, 1.54) is 0 Å². The molecule has 1 saturated heterocycles. The van der Waals surface area contributed by atoms with Gasteiger partial charge in [0.25, 0.3) is 0 Å². The normalized spacial score (nSPS) is 15.1. The third-order valence-corrected chi connectivity index (χ3v) is 11.5. The number of carbonyl (C=O) groups excluding carboxylic acids is 3. The number of benzene rings is 5. The molecular formula is C47H47ClN2O5. The van der Waals surface area contributed by atoms with Gasteiger partial charge < -0.3 is 19.7 Å². The molecule has 7 nitrogen and oxygen atoms in total. The lowest BCUT2D eigenvalue weighted by Gasteiger charge is -2.40. The first-order valence-electron chi connectivity index (χ1n) is 19.0. The fourth-order valence-corrected chi connectivity index (χ4v) is 8.56. The van der Waals surface area contributed by atoms with Crippen molar-refractivity contribution >= 4 is 29.6 Å². The molecule has 0 aromatic heterocycles. The van der Waals surface area contributed by atoms with Gasteiger partial charge in [0.05, 0.1) is 6.42 Å². The highest BCUT2D eigenvalue weighted by atomic mass is 35.5. The van der Waals surface area contributed by atoms with Crippen molar-refractivity contribution in [2.24, 2.45) is 11.3 Å². The highest BCUT2D eigenvalue weighted by Gasteiger charge is 2.43. The molecule has 1 aliphatic carbocycles. The molecule has 0 saturated carbocycles. The Bertz CT molecular complexity index is 2060. The van der Waals surface area contributed by atoms with Crippen LogP contribution in [-0.4, -0.2) is 48.6 Å². The van der Waals surface area contributed by atoms with Gasteiger partial charge in [-0.05, 0) is 52.5 Å². The van der Waals surface area contributed by atoms with Crippen molar-refractivity contribution in [3.05, 3.63) is 166 Å². The van der Waals surface area contributed by atoms with Gasteiger partial charge in [0.2, 0.25) is 5.91 Å². The number of hydrogen-bond acceptors (Lipinski definition) is 5. The monoisotopic (exact) mass is 754 g/mol. The maximum absolute atomic E-state index is 14.5. The molecule has 5 aromatic rings. The van der Waals surface area contributed by atoms with Gasteiger partial charge in [-0.2, -0.15) is 0 Å². The van der Waals surface area contributed by atoms with E-state index in [-0.39, 0.29) is 23.8 Å². The Labute approximate surface area is 328 Å². The zero-order valence-electron chi connectivity index (χ0n) is 31.5. The minimum Gasteiger partial charge on any atom is -0.449 e. The first-order valence-corrected chi connectivity index (χ1v) is 19.4. The van der Waals surface area contributed by atoms with E-state index >= 15 is 0 Å². The van der Waals surface area contributed by atoms with Gasteiger partial charge in [0.15, 0.2) is 5.60 Å². The molecule has 0 radical (unpaired) electrons. The van der Waals surface area contributed by atoms with Crippen LogP contribution in [0.3, 0.4) is 0 Å². The highest BCUT2D eigenvalue weighted by molar-refractivity contribution is 6.31. The molecule has 1 atom stereocenters. The van der Waals surface area contributed by atoms with Crippen molar-refractivity contribution in [1.29, 1.82) is 0 Å². The van der Waals surface area contributed by atoms with E-state index in [1.54, 1.807) is 11.0 Å². The van der Waals surface area contributed by atoms with Crippen LogP contribution in [0.5, 0.6) is 0 Å². The molecule has 1 N–H and O–H groups in total.